The lowest BCUT2D eigenvalue weighted by atomic mass is 10.2. The molecule has 23 heavy (non-hydrogen) atoms. The Morgan fingerprint density at radius 3 is 2.22 bits per heavy atom. The van der Waals surface area contributed by atoms with Crippen molar-refractivity contribution in [2.45, 2.75) is 20.0 Å². The highest BCUT2D eigenvalue weighted by atomic mass is 35.5. The molecule has 2 aromatic rings. The van der Waals surface area contributed by atoms with Crippen molar-refractivity contribution in [3.05, 3.63) is 53.6 Å². The van der Waals surface area contributed by atoms with Crippen LogP contribution in [0.25, 0.3) is 0 Å². The number of halogens is 1. The third-order valence-electron chi connectivity index (χ3n) is 2.95. The average molecular weight is 333 g/mol. The lowest BCUT2D eigenvalue weighted by Gasteiger charge is -2.15. The summed E-state index contributed by atoms with van der Waals surface area (Å²) in [6.07, 6.45) is -0.677. The minimum Gasteiger partial charge on any atom is -0.481 e. The van der Waals surface area contributed by atoms with E-state index >= 15 is 0 Å². The van der Waals surface area contributed by atoms with E-state index in [2.05, 4.69) is 10.6 Å². The lowest BCUT2D eigenvalue weighted by Crippen LogP contribution is -2.30. The maximum Gasteiger partial charge on any atom is 0.265 e. The van der Waals surface area contributed by atoms with Gasteiger partial charge in [-0.3, -0.25) is 9.59 Å². The second kappa shape index (κ2) is 7.65. The number of nitrogens with one attached hydrogen (secondary N) is 2. The predicted octanol–water partition coefficient (Wildman–Crippen LogP) is 3.70. The van der Waals surface area contributed by atoms with Gasteiger partial charge < -0.3 is 15.4 Å². The Kier molecular flexibility index (Phi) is 5.60. The highest BCUT2D eigenvalue weighted by Crippen LogP contribution is 2.19. The third kappa shape index (κ3) is 5.30. The van der Waals surface area contributed by atoms with Crippen LogP contribution in [0.2, 0.25) is 5.02 Å². The molecule has 2 N–H and O–H groups in total. The number of carbonyl (C=O) groups excluding carboxylic acids is 2. The smallest absolute Gasteiger partial charge is 0.265 e. The van der Waals surface area contributed by atoms with Gasteiger partial charge in [-0.2, -0.15) is 0 Å². The van der Waals surface area contributed by atoms with E-state index in [0.717, 1.165) is 0 Å². The van der Waals surface area contributed by atoms with Gasteiger partial charge in [-0.25, -0.2) is 0 Å². The normalized spacial score (nSPS) is 11.4. The molecule has 2 aromatic carbocycles. The molecule has 0 fully saturated rings. The van der Waals surface area contributed by atoms with Crippen molar-refractivity contribution in [1.82, 2.24) is 0 Å². The van der Waals surface area contributed by atoms with Crippen LogP contribution < -0.4 is 15.4 Å². The molecule has 0 aliphatic rings. The minimum atomic E-state index is -0.677. The SMILES string of the molecule is CC(=O)Nc1ccc(NC(=O)[C@@H](C)Oc2cccc(Cl)c2)cc1. The molecule has 6 heteroatoms. The van der Waals surface area contributed by atoms with E-state index in [1.165, 1.54) is 6.92 Å². The zero-order valence-electron chi connectivity index (χ0n) is 12.8. The molecule has 0 bridgehead atoms. The lowest BCUT2D eigenvalue weighted by molar-refractivity contribution is -0.122. The van der Waals surface area contributed by atoms with E-state index in [1.807, 2.05) is 0 Å². The van der Waals surface area contributed by atoms with Gasteiger partial charge in [0.2, 0.25) is 5.91 Å². The van der Waals surface area contributed by atoms with Crippen LogP contribution in [0.15, 0.2) is 48.5 Å². The molecule has 0 aliphatic carbocycles. The average Bonchev–Trinajstić information content (AvgIpc) is 2.48. The van der Waals surface area contributed by atoms with E-state index in [9.17, 15) is 9.59 Å². The molecule has 0 radical (unpaired) electrons. The van der Waals surface area contributed by atoms with Crippen molar-refractivity contribution in [2.75, 3.05) is 10.6 Å². The van der Waals surface area contributed by atoms with Crippen molar-refractivity contribution in [1.29, 1.82) is 0 Å². The molecular formula is C17H17ClN2O3. The van der Waals surface area contributed by atoms with Crippen LogP contribution in [-0.2, 0) is 9.59 Å². The van der Waals surface area contributed by atoms with Gasteiger partial charge in [-0.15, -0.1) is 0 Å². The number of carbonyl (C=O) groups is 2. The highest BCUT2D eigenvalue weighted by molar-refractivity contribution is 6.30. The third-order valence-corrected chi connectivity index (χ3v) is 3.19. The van der Waals surface area contributed by atoms with Gasteiger partial charge in [0.15, 0.2) is 6.10 Å². The van der Waals surface area contributed by atoms with Crippen molar-refractivity contribution < 1.29 is 14.3 Å². The van der Waals surface area contributed by atoms with Gasteiger partial charge in [-0.1, -0.05) is 17.7 Å². The Balaban J connectivity index is 1.94. The van der Waals surface area contributed by atoms with E-state index in [0.29, 0.717) is 22.1 Å². The van der Waals surface area contributed by atoms with Gasteiger partial charge in [0, 0.05) is 23.3 Å². The summed E-state index contributed by atoms with van der Waals surface area (Å²) in [7, 11) is 0. The zero-order chi connectivity index (χ0) is 16.8. The molecule has 0 aliphatic heterocycles. The van der Waals surface area contributed by atoms with E-state index in [-0.39, 0.29) is 11.8 Å². The first-order valence-electron chi connectivity index (χ1n) is 7.05. The van der Waals surface area contributed by atoms with Crippen LogP contribution in [0.1, 0.15) is 13.8 Å². The Hall–Kier alpha value is -2.53. The summed E-state index contributed by atoms with van der Waals surface area (Å²) in [5.74, 6) is 0.101. The van der Waals surface area contributed by atoms with Crippen LogP contribution in [0, 0.1) is 0 Å². The van der Waals surface area contributed by atoms with Gasteiger partial charge in [0.1, 0.15) is 5.75 Å². The fourth-order valence-electron chi connectivity index (χ4n) is 1.88. The maximum atomic E-state index is 12.1. The molecule has 0 saturated heterocycles. The van der Waals surface area contributed by atoms with Gasteiger partial charge in [0.05, 0.1) is 0 Å². The standard InChI is InChI=1S/C17H17ClN2O3/c1-11(23-16-5-3-4-13(18)10-16)17(22)20-15-8-6-14(7-9-15)19-12(2)21/h3-11H,1-2H3,(H,19,21)(H,20,22)/t11-/m1/s1. The number of anilines is 2. The molecule has 0 aromatic heterocycles. The highest BCUT2D eigenvalue weighted by Gasteiger charge is 2.15. The molecule has 120 valence electrons. The van der Waals surface area contributed by atoms with Crippen LogP contribution in [0.4, 0.5) is 11.4 Å². The molecule has 5 nitrogen and oxygen atoms in total. The van der Waals surface area contributed by atoms with E-state index in [1.54, 1.807) is 55.5 Å². The summed E-state index contributed by atoms with van der Waals surface area (Å²) in [5.41, 5.74) is 1.28. The van der Waals surface area contributed by atoms with Gasteiger partial charge in [-0.05, 0) is 49.4 Å². The first-order valence-corrected chi connectivity index (χ1v) is 7.42. The van der Waals surface area contributed by atoms with Crippen molar-refractivity contribution in [3.63, 3.8) is 0 Å². The molecule has 0 saturated carbocycles. The summed E-state index contributed by atoms with van der Waals surface area (Å²) in [6.45, 7) is 3.09. The molecular weight excluding hydrogens is 316 g/mol. The number of ether oxygens (including phenoxy) is 1. The minimum absolute atomic E-state index is 0.148. The Labute approximate surface area is 139 Å². The largest absolute Gasteiger partial charge is 0.481 e. The molecule has 1 atom stereocenters. The Morgan fingerprint density at radius 2 is 1.65 bits per heavy atom. The zero-order valence-corrected chi connectivity index (χ0v) is 13.6. The molecule has 2 rings (SSSR count). The van der Waals surface area contributed by atoms with Crippen LogP contribution >= 0.6 is 11.6 Å². The summed E-state index contributed by atoms with van der Waals surface area (Å²) in [5, 5.41) is 5.95. The predicted molar refractivity (Wildman–Crippen MR) is 90.9 cm³/mol. The quantitative estimate of drug-likeness (QED) is 0.877. The second-order valence-electron chi connectivity index (χ2n) is 4.97. The summed E-state index contributed by atoms with van der Waals surface area (Å²) in [4.78, 5) is 23.1. The fraction of sp³-hybridized carbons (Fsp3) is 0.176. The summed E-state index contributed by atoms with van der Waals surface area (Å²) in [6, 6.07) is 13.7. The van der Waals surface area contributed by atoms with E-state index in [4.69, 9.17) is 16.3 Å². The molecule has 0 heterocycles. The monoisotopic (exact) mass is 332 g/mol. The first kappa shape index (κ1) is 16.8. The number of benzene rings is 2. The number of hydrogen-bond donors (Lipinski definition) is 2. The fourth-order valence-corrected chi connectivity index (χ4v) is 2.06. The Bertz CT molecular complexity index is 701. The molecule has 0 spiro atoms. The topological polar surface area (TPSA) is 67.4 Å². The van der Waals surface area contributed by atoms with Crippen LogP contribution in [-0.4, -0.2) is 17.9 Å². The second-order valence-corrected chi connectivity index (χ2v) is 5.40. The summed E-state index contributed by atoms with van der Waals surface area (Å²) >= 11 is 5.88. The van der Waals surface area contributed by atoms with E-state index < -0.39 is 6.10 Å². The number of hydrogen-bond acceptors (Lipinski definition) is 3. The van der Waals surface area contributed by atoms with Gasteiger partial charge in [0.25, 0.3) is 5.91 Å². The maximum absolute atomic E-state index is 12.1. The van der Waals surface area contributed by atoms with Crippen LogP contribution in [0.5, 0.6) is 5.75 Å². The molecule has 0 unspecified atom stereocenters. The summed E-state index contributed by atoms with van der Waals surface area (Å²) < 4.78 is 5.55. The number of rotatable bonds is 5. The van der Waals surface area contributed by atoms with Gasteiger partial charge >= 0.3 is 0 Å². The van der Waals surface area contributed by atoms with Crippen molar-refractivity contribution in [2.24, 2.45) is 0 Å². The van der Waals surface area contributed by atoms with Crippen molar-refractivity contribution in [3.8, 4) is 5.75 Å². The van der Waals surface area contributed by atoms with Crippen molar-refractivity contribution >= 4 is 34.8 Å². The number of amides is 2. The Morgan fingerprint density at radius 1 is 1.04 bits per heavy atom. The van der Waals surface area contributed by atoms with Crippen LogP contribution in [0.3, 0.4) is 0 Å². The first-order chi connectivity index (χ1) is 10.9. The molecule has 2 amide bonds.